The van der Waals surface area contributed by atoms with Crippen LogP contribution in [-0.2, 0) is 20.5 Å². The number of ether oxygens (including phenoxy) is 1. The summed E-state index contributed by atoms with van der Waals surface area (Å²) in [6.07, 6.45) is 12.1. The van der Waals surface area contributed by atoms with Crippen molar-refractivity contribution >= 4 is 19.2 Å². The van der Waals surface area contributed by atoms with Crippen LogP contribution in [0.2, 0.25) is 0 Å². The first kappa shape index (κ1) is 22.3. The summed E-state index contributed by atoms with van der Waals surface area (Å²) < 4.78 is 30.1. The van der Waals surface area contributed by atoms with Gasteiger partial charge in [0, 0.05) is 18.7 Å². The van der Waals surface area contributed by atoms with E-state index in [-0.39, 0.29) is 12.4 Å². The van der Waals surface area contributed by atoms with E-state index in [2.05, 4.69) is 13.8 Å². The van der Waals surface area contributed by atoms with Gasteiger partial charge in [-0.3, -0.25) is 4.79 Å². The minimum atomic E-state index is -2.71. The van der Waals surface area contributed by atoms with Gasteiger partial charge < -0.3 is 18.1 Å². The van der Waals surface area contributed by atoms with Crippen molar-refractivity contribution in [2.75, 3.05) is 12.3 Å². The summed E-state index contributed by atoms with van der Waals surface area (Å²) in [7, 11) is -2.71. The number of hydrogen-bond donors (Lipinski definition) is 0. The largest absolute Gasteiger partial charge is 0.469 e. The number of aryl methyl sites for hydroxylation is 1. The molecule has 0 saturated carbocycles. The highest BCUT2D eigenvalue weighted by Crippen LogP contribution is 2.53. The fourth-order valence-electron chi connectivity index (χ4n) is 2.95. The van der Waals surface area contributed by atoms with Gasteiger partial charge in [0.25, 0.3) is 0 Å². The molecule has 0 fully saturated rings. The number of carbonyl (C=O) groups excluding carboxylic acids is 1. The molecular formula is C22H31O5P. The van der Waals surface area contributed by atoms with Gasteiger partial charge in [-0.15, -0.1) is 0 Å². The van der Waals surface area contributed by atoms with Crippen molar-refractivity contribution in [2.45, 2.75) is 58.2 Å². The molecule has 0 N–H and O–H groups in total. The van der Waals surface area contributed by atoms with E-state index in [0.717, 1.165) is 31.4 Å². The van der Waals surface area contributed by atoms with Gasteiger partial charge in [-0.1, -0.05) is 26.7 Å². The van der Waals surface area contributed by atoms with Crippen molar-refractivity contribution in [1.82, 2.24) is 0 Å². The van der Waals surface area contributed by atoms with Crippen LogP contribution in [-0.4, -0.2) is 24.1 Å². The Morgan fingerprint density at radius 2 is 1.79 bits per heavy atom. The summed E-state index contributed by atoms with van der Waals surface area (Å²) in [6.45, 7) is 4.15. The highest BCUT2D eigenvalue weighted by Gasteiger charge is 2.33. The molecule has 2 rings (SSSR count). The number of hydrogen-bond acceptors (Lipinski definition) is 5. The lowest BCUT2D eigenvalue weighted by atomic mass is 10.2. The molecule has 0 aliphatic heterocycles. The maximum Gasteiger partial charge on any atom is 0.307 e. The topological polar surface area (TPSA) is 69.7 Å². The molecule has 2 aromatic rings. The number of esters is 1. The van der Waals surface area contributed by atoms with Gasteiger partial charge in [0.2, 0.25) is 0 Å². The molecule has 28 heavy (non-hydrogen) atoms. The summed E-state index contributed by atoms with van der Waals surface area (Å²) in [4.78, 5) is 12.5. The molecule has 5 nitrogen and oxygen atoms in total. The maximum atomic E-state index is 13.8. The number of carbonyl (C=O) groups is 1. The van der Waals surface area contributed by atoms with E-state index in [1.165, 1.54) is 0 Å². The van der Waals surface area contributed by atoms with E-state index in [1.807, 2.05) is 12.1 Å². The van der Waals surface area contributed by atoms with Crippen molar-refractivity contribution in [3.05, 3.63) is 54.4 Å². The average molecular weight is 406 g/mol. The van der Waals surface area contributed by atoms with Crippen LogP contribution in [0, 0.1) is 0 Å². The lowest BCUT2D eigenvalue weighted by molar-refractivity contribution is -0.144. The maximum absolute atomic E-state index is 13.8. The fourth-order valence-corrected chi connectivity index (χ4v) is 6.09. The Morgan fingerprint density at radius 3 is 2.36 bits per heavy atom. The van der Waals surface area contributed by atoms with Crippen LogP contribution in [0.25, 0.3) is 6.08 Å². The molecular weight excluding hydrogens is 375 g/mol. The van der Waals surface area contributed by atoms with Gasteiger partial charge in [-0.05, 0) is 49.3 Å². The Kier molecular flexibility index (Phi) is 9.36. The lowest BCUT2D eigenvalue weighted by Crippen LogP contribution is -2.20. The van der Waals surface area contributed by atoms with Crippen LogP contribution in [0.4, 0.5) is 0 Å². The van der Waals surface area contributed by atoms with E-state index in [1.54, 1.807) is 36.8 Å². The van der Waals surface area contributed by atoms with Crippen LogP contribution in [0.1, 0.15) is 57.5 Å². The Balaban J connectivity index is 2.13. The van der Waals surface area contributed by atoms with Crippen LogP contribution >= 0.6 is 7.14 Å². The van der Waals surface area contributed by atoms with Crippen molar-refractivity contribution in [3.8, 4) is 0 Å². The van der Waals surface area contributed by atoms with E-state index >= 15 is 0 Å². The van der Waals surface area contributed by atoms with E-state index in [9.17, 15) is 9.36 Å². The third kappa shape index (κ3) is 7.20. The smallest absolute Gasteiger partial charge is 0.307 e. The SMILES string of the molecule is CCCCP(=O)(CCCC)C(/C=C/c1ccco1)OC(=O)CCc1ccco1. The van der Waals surface area contributed by atoms with Gasteiger partial charge in [0.15, 0.2) is 5.85 Å². The van der Waals surface area contributed by atoms with Gasteiger partial charge in [0.1, 0.15) is 18.7 Å². The zero-order valence-corrected chi connectivity index (χ0v) is 17.7. The molecule has 2 heterocycles. The summed E-state index contributed by atoms with van der Waals surface area (Å²) in [5, 5.41) is 0. The molecule has 0 amide bonds. The van der Waals surface area contributed by atoms with Gasteiger partial charge in [-0.25, -0.2) is 0 Å². The van der Waals surface area contributed by atoms with Gasteiger partial charge in [-0.2, -0.15) is 0 Å². The second-order valence-electron chi connectivity index (χ2n) is 6.94. The molecule has 6 heteroatoms. The molecule has 0 radical (unpaired) electrons. The third-order valence-electron chi connectivity index (χ3n) is 4.62. The predicted molar refractivity (Wildman–Crippen MR) is 112 cm³/mol. The van der Waals surface area contributed by atoms with Crippen LogP contribution in [0.5, 0.6) is 0 Å². The molecule has 0 aromatic carbocycles. The number of rotatable bonds is 13. The highest BCUT2D eigenvalue weighted by atomic mass is 31.2. The van der Waals surface area contributed by atoms with E-state index in [4.69, 9.17) is 13.6 Å². The minimum Gasteiger partial charge on any atom is -0.469 e. The predicted octanol–water partition coefficient (Wildman–Crippen LogP) is 6.35. The van der Waals surface area contributed by atoms with Crippen LogP contribution in [0.3, 0.4) is 0 Å². The quantitative estimate of drug-likeness (QED) is 0.286. The van der Waals surface area contributed by atoms with Crippen molar-refractivity contribution in [3.63, 3.8) is 0 Å². The molecule has 0 saturated heterocycles. The molecule has 1 atom stereocenters. The Labute approximate surface area is 167 Å². The molecule has 154 valence electrons. The molecule has 0 aliphatic rings. The van der Waals surface area contributed by atoms with Crippen molar-refractivity contribution < 1.29 is 22.9 Å². The summed E-state index contributed by atoms with van der Waals surface area (Å²) in [5.74, 6) is 0.299. The third-order valence-corrected chi connectivity index (χ3v) is 7.97. The summed E-state index contributed by atoms with van der Waals surface area (Å²) >= 11 is 0. The summed E-state index contributed by atoms with van der Waals surface area (Å²) in [5.41, 5.74) is 0. The first-order valence-corrected chi connectivity index (χ1v) is 12.2. The number of unbranched alkanes of at least 4 members (excludes halogenated alkanes) is 2. The Bertz CT molecular complexity index is 734. The zero-order chi connectivity index (χ0) is 20.2. The minimum absolute atomic E-state index is 0.195. The Hall–Kier alpha value is -2.00. The van der Waals surface area contributed by atoms with Crippen LogP contribution < -0.4 is 0 Å². The standard InChI is InChI=1S/C22H31O5P/c1-3-5-17-28(24,18-6-4-2)22(14-12-20-10-8-16-26-20)27-21(23)13-11-19-9-7-15-25-19/h7-10,12,14-16,22H,3-6,11,13,17-18H2,1-2H3/b14-12+. The normalized spacial score (nSPS) is 13.1. The molecule has 2 aromatic heterocycles. The molecule has 1 unspecified atom stereocenters. The first-order valence-electron chi connectivity index (χ1n) is 10.1. The zero-order valence-electron chi connectivity index (χ0n) is 16.8. The molecule has 0 bridgehead atoms. The average Bonchev–Trinajstić information content (AvgIpc) is 3.40. The van der Waals surface area contributed by atoms with E-state index in [0.29, 0.717) is 24.5 Å². The Morgan fingerprint density at radius 1 is 1.11 bits per heavy atom. The first-order chi connectivity index (χ1) is 13.6. The number of furan rings is 2. The van der Waals surface area contributed by atoms with Gasteiger partial charge in [0.05, 0.1) is 18.9 Å². The highest BCUT2D eigenvalue weighted by molar-refractivity contribution is 7.64. The van der Waals surface area contributed by atoms with E-state index < -0.39 is 13.0 Å². The second kappa shape index (κ2) is 11.8. The lowest BCUT2D eigenvalue weighted by Gasteiger charge is -2.25. The van der Waals surface area contributed by atoms with Gasteiger partial charge >= 0.3 is 5.97 Å². The molecule has 0 spiro atoms. The monoisotopic (exact) mass is 406 g/mol. The second-order valence-corrected chi connectivity index (χ2v) is 10.2. The van der Waals surface area contributed by atoms with Crippen molar-refractivity contribution in [1.29, 1.82) is 0 Å². The molecule has 0 aliphatic carbocycles. The summed E-state index contributed by atoms with van der Waals surface area (Å²) in [6, 6.07) is 7.22. The fraction of sp³-hybridized carbons (Fsp3) is 0.500. The van der Waals surface area contributed by atoms with Crippen molar-refractivity contribution in [2.24, 2.45) is 0 Å². The van der Waals surface area contributed by atoms with Crippen LogP contribution in [0.15, 0.2) is 51.7 Å².